The van der Waals surface area contributed by atoms with E-state index in [1.165, 1.54) is 5.57 Å². The van der Waals surface area contributed by atoms with Gasteiger partial charge in [0.25, 0.3) is 0 Å². The lowest BCUT2D eigenvalue weighted by molar-refractivity contribution is 0.211. The number of allylic oxidation sites excluding steroid dienone is 8. The lowest BCUT2D eigenvalue weighted by Gasteiger charge is -2.42. The van der Waals surface area contributed by atoms with Crippen molar-refractivity contribution in [1.29, 1.82) is 0 Å². The van der Waals surface area contributed by atoms with Crippen LogP contribution in [0.1, 0.15) is 90.0 Å². The highest BCUT2D eigenvalue weighted by atomic mass is 14.4. The van der Waals surface area contributed by atoms with Crippen molar-refractivity contribution < 1.29 is 0 Å². The number of hydrogen-bond donors (Lipinski definition) is 0. The van der Waals surface area contributed by atoms with E-state index < -0.39 is 0 Å². The minimum absolute atomic E-state index is 0.297. The lowest BCUT2D eigenvalue weighted by atomic mass is 9.62. The average Bonchev–Trinajstić information content (AvgIpc) is 2.53. The van der Waals surface area contributed by atoms with Crippen molar-refractivity contribution in [2.24, 2.45) is 21.7 Å². The fourth-order valence-corrected chi connectivity index (χ4v) is 2.38. The zero-order chi connectivity index (χ0) is 20.5. The van der Waals surface area contributed by atoms with Gasteiger partial charge < -0.3 is 0 Å². The maximum absolute atomic E-state index is 2.31. The Labute approximate surface area is 160 Å². The molecule has 0 saturated carbocycles. The largest absolute Gasteiger partial charge is 0.0780 e. The van der Waals surface area contributed by atoms with Crippen molar-refractivity contribution in [3.8, 4) is 0 Å². The molecular weight excluding hydrogens is 300 g/mol. The summed E-state index contributed by atoms with van der Waals surface area (Å²) in [4.78, 5) is 0. The quantitative estimate of drug-likeness (QED) is 0.411. The molecule has 0 radical (unpaired) electrons. The van der Waals surface area contributed by atoms with Gasteiger partial charge in [-0.2, -0.15) is 0 Å². The van der Waals surface area contributed by atoms with Crippen LogP contribution < -0.4 is 0 Å². The Balaban J connectivity index is 0. The van der Waals surface area contributed by atoms with Crippen molar-refractivity contribution in [1.82, 2.24) is 0 Å². The van der Waals surface area contributed by atoms with Gasteiger partial charge in [0.15, 0.2) is 0 Å². The second-order valence-electron chi connectivity index (χ2n) is 8.72. The molecule has 25 heavy (non-hydrogen) atoms. The smallest absolute Gasteiger partial charge is 0.00586 e. The van der Waals surface area contributed by atoms with Crippen LogP contribution in [0.15, 0.2) is 48.1 Å². The highest BCUT2D eigenvalue weighted by molar-refractivity contribution is 5.28. The van der Waals surface area contributed by atoms with Crippen LogP contribution in [-0.2, 0) is 0 Å². The number of hydrogen-bond acceptors (Lipinski definition) is 0. The minimum Gasteiger partial charge on any atom is -0.0780 e. The van der Waals surface area contributed by atoms with E-state index >= 15 is 0 Å². The molecule has 146 valence electrons. The van der Waals surface area contributed by atoms with Crippen LogP contribution in [0.5, 0.6) is 0 Å². The third kappa shape index (κ3) is 6.65. The van der Waals surface area contributed by atoms with Gasteiger partial charge in [0.1, 0.15) is 0 Å². The molecule has 0 bridgehead atoms. The summed E-state index contributed by atoms with van der Waals surface area (Å²) in [5.41, 5.74) is 2.70. The van der Waals surface area contributed by atoms with Gasteiger partial charge in [-0.15, -0.1) is 0 Å². The topological polar surface area (TPSA) is 0 Å². The monoisotopic (exact) mass is 346 g/mol. The SMILES string of the molecule is CC.CC.CC1(C)C=CC=CC1(C)C.CC1=CC=CC(C)(C)C1(C)C. The minimum atomic E-state index is 0.297. The van der Waals surface area contributed by atoms with Gasteiger partial charge in [-0.05, 0) is 28.6 Å². The Bertz CT molecular complexity index is 466. The fraction of sp³-hybridized carbons (Fsp3) is 0.680. The van der Waals surface area contributed by atoms with Crippen LogP contribution in [0.3, 0.4) is 0 Å². The molecule has 0 fully saturated rings. The van der Waals surface area contributed by atoms with E-state index in [0.29, 0.717) is 21.7 Å². The second-order valence-corrected chi connectivity index (χ2v) is 8.72. The van der Waals surface area contributed by atoms with Crippen molar-refractivity contribution >= 4 is 0 Å². The Morgan fingerprint density at radius 3 is 1.08 bits per heavy atom. The molecule has 0 aliphatic heterocycles. The molecule has 0 aromatic heterocycles. The van der Waals surface area contributed by atoms with Crippen molar-refractivity contribution in [2.45, 2.75) is 90.0 Å². The van der Waals surface area contributed by atoms with E-state index in [1.807, 2.05) is 27.7 Å². The maximum Gasteiger partial charge on any atom is -0.00586 e. The maximum atomic E-state index is 2.31. The normalized spacial score (nSPS) is 22.8. The van der Waals surface area contributed by atoms with E-state index in [1.54, 1.807) is 0 Å². The molecule has 2 aliphatic carbocycles. The molecule has 0 aromatic rings. The molecule has 0 N–H and O–H groups in total. The molecule has 0 unspecified atom stereocenters. The van der Waals surface area contributed by atoms with Crippen LogP contribution in [-0.4, -0.2) is 0 Å². The van der Waals surface area contributed by atoms with E-state index in [-0.39, 0.29) is 0 Å². The zero-order valence-electron chi connectivity index (χ0n) is 19.5. The molecule has 0 heterocycles. The van der Waals surface area contributed by atoms with Crippen LogP contribution >= 0.6 is 0 Å². The Kier molecular flexibility index (Phi) is 10.7. The molecule has 0 aromatic carbocycles. The Morgan fingerprint density at radius 2 is 0.840 bits per heavy atom. The van der Waals surface area contributed by atoms with Crippen LogP contribution in [0, 0.1) is 21.7 Å². The Hall–Kier alpha value is -1.04. The first-order chi connectivity index (χ1) is 11.3. The summed E-state index contributed by atoms with van der Waals surface area (Å²) in [5, 5.41) is 0. The summed E-state index contributed by atoms with van der Waals surface area (Å²) in [6, 6.07) is 0. The first-order valence-corrected chi connectivity index (χ1v) is 10.1. The summed E-state index contributed by atoms with van der Waals surface area (Å²) in [6.45, 7) is 28.5. The number of rotatable bonds is 0. The van der Waals surface area contributed by atoms with Gasteiger partial charge in [-0.1, -0.05) is 131 Å². The van der Waals surface area contributed by atoms with Gasteiger partial charge >= 0.3 is 0 Å². The molecule has 0 nitrogen and oxygen atoms in total. The first-order valence-electron chi connectivity index (χ1n) is 10.1. The van der Waals surface area contributed by atoms with Gasteiger partial charge in [0.2, 0.25) is 0 Å². The van der Waals surface area contributed by atoms with E-state index in [4.69, 9.17) is 0 Å². The molecule has 0 amide bonds. The predicted molar refractivity (Wildman–Crippen MR) is 119 cm³/mol. The molecule has 0 spiro atoms. The summed E-state index contributed by atoms with van der Waals surface area (Å²) < 4.78 is 0. The Morgan fingerprint density at radius 1 is 0.520 bits per heavy atom. The predicted octanol–water partition coefficient (Wildman–Crippen LogP) is 8.77. The van der Waals surface area contributed by atoms with Crippen LogP contribution in [0.2, 0.25) is 0 Å². The fourth-order valence-electron chi connectivity index (χ4n) is 2.38. The average molecular weight is 347 g/mol. The first kappa shape index (κ1) is 26.2. The molecule has 0 heteroatoms. The molecule has 0 atom stereocenters. The van der Waals surface area contributed by atoms with Gasteiger partial charge in [-0.3, -0.25) is 0 Å². The van der Waals surface area contributed by atoms with E-state index in [0.717, 1.165) is 0 Å². The summed E-state index contributed by atoms with van der Waals surface area (Å²) >= 11 is 0. The highest BCUT2D eigenvalue weighted by Crippen LogP contribution is 2.47. The van der Waals surface area contributed by atoms with Gasteiger partial charge in [0.05, 0.1) is 0 Å². The van der Waals surface area contributed by atoms with Crippen LogP contribution in [0.25, 0.3) is 0 Å². The third-order valence-electron chi connectivity index (χ3n) is 6.25. The van der Waals surface area contributed by atoms with E-state index in [2.05, 4.69) is 105 Å². The highest BCUT2D eigenvalue weighted by Gasteiger charge is 2.37. The molecular formula is C25H46. The van der Waals surface area contributed by atoms with Crippen molar-refractivity contribution in [3.05, 3.63) is 48.1 Å². The third-order valence-corrected chi connectivity index (χ3v) is 6.25. The molecule has 2 aliphatic rings. The second kappa shape index (κ2) is 10.2. The summed E-state index contributed by atoms with van der Waals surface area (Å²) in [6.07, 6.45) is 15.5. The lowest BCUT2D eigenvalue weighted by Crippen LogP contribution is -2.33. The standard InChI is InChI=1S/C11H18.C10H16.2C2H6/c1-9-7-6-8-10(2,3)11(9,4)5;1-9(2)7-5-6-8-10(9,3)4;2*1-2/h6-8H,1-5H3;5-8H,1-4H3;2*1-2H3. The summed E-state index contributed by atoms with van der Waals surface area (Å²) in [7, 11) is 0. The zero-order valence-corrected chi connectivity index (χ0v) is 19.5. The molecule has 2 rings (SSSR count). The van der Waals surface area contributed by atoms with Gasteiger partial charge in [-0.25, -0.2) is 0 Å². The molecule has 0 saturated heterocycles. The van der Waals surface area contributed by atoms with Crippen molar-refractivity contribution in [3.63, 3.8) is 0 Å². The van der Waals surface area contributed by atoms with E-state index in [9.17, 15) is 0 Å². The van der Waals surface area contributed by atoms with Crippen LogP contribution in [0.4, 0.5) is 0 Å². The van der Waals surface area contributed by atoms with Gasteiger partial charge in [0, 0.05) is 0 Å². The summed E-state index contributed by atoms with van der Waals surface area (Å²) in [5.74, 6) is 0. The van der Waals surface area contributed by atoms with Crippen molar-refractivity contribution in [2.75, 3.05) is 0 Å².